The number of hydrogen-bond donors (Lipinski definition) is 2. The van der Waals surface area contributed by atoms with E-state index >= 15 is 0 Å². The predicted molar refractivity (Wildman–Crippen MR) is 97.4 cm³/mol. The summed E-state index contributed by atoms with van der Waals surface area (Å²) in [6.07, 6.45) is 4.73. The molecule has 1 fully saturated rings. The number of hydrogen-bond acceptors (Lipinski definition) is 2. The number of aromatic amines is 1. The van der Waals surface area contributed by atoms with Gasteiger partial charge in [-0.25, -0.2) is 0 Å². The average Bonchev–Trinajstić information content (AvgIpc) is 3.03. The van der Waals surface area contributed by atoms with Crippen molar-refractivity contribution in [2.75, 3.05) is 13.7 Å². The topological polar surface area (TPSA) is 54.1 Å². The molecule has 1 saturated carbocycles. The van der Waals surface area contributed by atoms with Crippen LogP contribution in [0.25, 0.3) is 10.9 Å². The molecule has 4 heteroatoms. The summed E-state index contributed by atoms with van der Waals surface area (Å²) in [5.74, 6) is 2.00. The molecule has 1 aliphatic rings. The van der Waals surface area contributed by atoms with Gasteiger partial charge in [-0.15, -0.1) is 0 Å². The highest BCUT2D eigenvalue weighted by atomic mass is 16.5. The highest BCUT2D eigenvalue weighted by Gasteiger charge is 2.22. The standard InChI is InChI=1S/C20H26N2O2/c1-13(2)15-6-4-14(5-7-15)12-21-20(23)19-11-16-10-17(24-3)8-9-18(16)22-19/h8-11,14-15,22H,1,4-7,12H2,2-3H3,(H,21,23). The Balaban J connectivity index is 1.56. The van der Waals surface area contributed by atoms with Crippen LogP contribution in [-0.4, -0.2) is 24.5 Å². The molecule has 0 atom stereocenters. The van der Waals surface area contributed by atoms with Crippen LogP contribution >= 0.6 is 0 Å². The van der Waals surface area contributed by atoms with Gasteiger partial charge in [-0.05, 0) is 68.7 Å². The molecule has 0 aliphatic heterocycles. The van der Waals surface area contributed by atoms with Crippen molar-refractivity contribution in [2.24, 2.45) is 11.8 Å². The van der Waals surface area contributed by atoms with Gasteiger partial charge in [0.05, 0.1) is 7.11 Å². The molecule has 1 aromatic heterocycles. The zero-order chi connectivity index (χ0) is 17.1. The molecule has 0 saturated heterocycles. The second-order valence-corrected chi connectivity index (χ2v) is 6.91. The first-order valence-corrected chi connectivity index (χ1v) is 8.67. The third-order valence-corrected chi connectivity index (χ3v) is 5.17. The van der Waals surface area contributed by atoms with Crippen LogP contribution in [0.3, 0.4) is 0 Å². The molecule has 0 bridgehead atoms. The summed E-state index contributed by atoms with van der Waals surface area (Å²) in [6, 6.07) is 7.64. The first-order chi connectivity index (χ1) is 11.6. The van der Waals surface area contributed by atoms with E-state index in [1.807, 2.05) is 24.3 Å². The molecule has 128 valence electrons. The SMILES string of the molecule is C=C(C)C1CCC(CNC(=O)c2cc3cc(OC)ccc3[nH]2)CC1. The van der Waals surface area contributed by atoms with Crippen molar-refractivity contribution >= 4 is 16.8 Å². The van der Waals surface area contributed by atoms with Crippen LogP contribution in [0.1, 0.15) is 43.1 Å². The van der Waals surface area contributed by atoms with Crippen molar-refractivity contribution in [1.82, 2.24) is 10.3 Å². The second kappa shape index (κ2) is 7.12. The van der Waals surface area contributed by atoms with Crippen LogP contribution in [0.4, 0.5) is 0 Å². The maximum Gasteiger partial charge on any atom is 0.267 e. The Bertz CT molecular complexity index is 739. The molecule has 3 rings (SSSR count). The lowest BCUT2D eigenvalue weighted by Gasteiger charge is -2.28. The van der Waals surface area contributed by atoms with Crippen LogP contribution in [0.5, 0.6) is 5.75 Å². The third kappa shape index (κ3) is 3.64. The van der Waals surface area contributed by atoms with Gasteiger partial charge in [0.2, 0.25) is 0 Å². The molecule has 24 heavy (non-hydrogen) atoms. The monoisotopic (exact) mass is 326 g/mol. The molecule has 1 amide bonds. The van der Waals surface area contributed by atoms with E-state index in [0.717, 1.165) is 23.2 Å². The molecule has 1 aromatic carbocycles. The molecule has 2 aromatic rings. The predicted octanol–water partition coefficient (Wildman–Crippen LogP) is 4.29. The van der Waals surface area contributed by atoms with Crippen LogP contribution in [-0.2, 0) is 0 Å². The van der Waals surface area contributed by atoms with Gasteiger partial charge in [-0.3, -0.25) is 4.79 Å². The first-order valence-electron chi connectivity index (χ1n) is 8.67. The number of nitrogens with one attached hydrogen (secondary N) is 2. The number of carbonyl (C=O) groups is 1. The molecule has 2 N–H and O–H groups in total. The summed E-state index contributed by atoms with van der Waals surface area (Å²) in [6.45, 7) is 6.94. The van der Waals surface area contributed by atoms with E-state index < -0.39 is 0 Å². The number of rotatable bonds is 5. The lowest BCUT2D eigenvalue weighted by Crippen LogP contribution is -2.31. The summed E-state index contributed by atoms with van der Waals surface area (Å²) in [5.41, 5.74) is 2.85. The summed E-state index contributed by atoms with van der Waals surface area (Å²) < 4.78 is 5.22. The Morgan fingerprint density at radius 1 is 1.29 bits per heavy atom. The summed E-state index contributed by atoms with van der Waals surface area (Å²) in [5, 5.41) is 4.07. The normalized spacial score (nSPS) is 20.8. The highest BCUT2D eigenvalue weighted by molar-refractivity contribution is 5.98. The number of benzene rings is 1. The zero-order valence-electron chi connectivity index (χ0n) is 14.5. The lowest BCUT2D eigenvalue weighted by molar-refractivity contribution is 0.0938. The molecule has 0 radical (unpaired) electrons. The first kappa shape index (κ1) is 16.6. The largest absolute Gasteiger partial charge is 0.497 e. The number of fused-ring (bicyclic) bond motifs is 1. The highest BCUT2D eigenvalue weighted by Crippen LogP contribution is 2.32. The van der Waals surface area contributed by atoms with E-state index in [1.165, 1.54) is 31.3 Å². The van der Waals surface area contributed by atoms with E-state index in [1.54, 1.807) is 7.11 Å². The van der Waals surface area contributed by atoms with Gasteiger partial charge >= 0.3 is 0 Å². The maximum atomic E-state index is 12.4. The number of H-pyrrole nitrogens is 1. The molecule has 1 aliphatic carbocycles. The minimum absolute atomic E-state index is 0.0350. The third-order valence-electron chi connectivity index (χ3n) is 5.17. The van der Waals surface area contributed by atoms with Gasteiger partial charge in [0.25, 0.3) is 5.91 Å². The average molecular weight is 326 g/mol. The van der Waals surface area contributed by atoms with Crippen LogP contribution < -0.4 is 10.1 Å². The van der Waals surface area contributed by atoms with E-state index in [4.69, 9.17) is 4.74 Å². The number of ether oxygens (including phenoxy) is 1. The minimum Gasteiger partial charge on any atom is -0.497 e. The number of allylic oxidation sites excluding steroid dienone is 1. The van der Waals surface area contributed by atoms with Crippen LogP contribution in [0.15, 0.2) is 36.4 Å². The Kier molecular flexibility index (Phi) is 4.93. The van der Waals surface area contributed by atoms with Crippen LogP contribution in [0, 0.1) is 11.8 Å². The Morgan fingerprint density at radius 2 is 2.04 bits per heavy atom. The molecule has 4 nitrogen and oxygen atoms in total. The molecule has 1 heterocycles. The van der Waals surface area contributed by atoms with Crippen LogP contribution in [0.2, 0.25) is 0 Å². The lowest BCUT2D eigenvalue weighted by atomic mass is 9.79. The molecule has 0 unspecified atom stereocenters. The van der Waals surface area contributed by atoms with Crippen molar-refractivity contribution in [1.29, 1.82) is 0 Å². The maximum absolute atomic E-state index is 12.4. The minimum atomic E-state index is -0.0350. The smallest absolute Gasteiger partial charge is 0.267 e. The van der Waals surface area contributed by atoms with Crippen molar-refractivity contribution in [2.45, 2.75) is 32.6 Å². The van der Waals surface area contributed by atoms with Crippen molar-refractivity contribution in [3.63, 3.8) is 0 Å². The number of carbonyl (C=O) groups excluding carboxylic acids is 1. The van der Waals surface area contributed by atoms with Gasteiger partial charge < -0.3 is 15.0 Å². The van der Waals surface area contributed by atoms with Crippen molar-refractivity contribution < 1.29 is 9.53 Å². The van der Waals surface area contributed by atoms with Gasteiger partial charge in [-0.2, -0.15) is 0 Å². The summed E-state index contributed by atoms with van der Waals surface area (Å²) >= 11 is 0. The van der Waals surface area contributed by atoms with Gasteiger partial charge in [-0.1, -0.05) is 12.2 Å². The fraction of sp³-hybridized carbons (Fsp3) is 0.450. The fourth-order valence-electron chi connectivity index (χ4n) is 3.55. The summed E-state index contributed by atoms with van der Waals surface area (Å²) in [7, 11) is 1.64. The molecule has 0 spiro atoms. The number of methoxy groups -OCH3 is 1. The van der Waals surface area contributed by atoms with E-state index in [-0.39, 0.29) is 5.91 Å². The van der Waals surface area contributed by atoms with E-state index in [2.05, 4.69) is 23.8 Å². The Labute approximate surface area is 143 Å². The quantitative estimate of drug-likeness (QED) is 0.805. The Hall–Kier alpha value is -2.23. The van der Waals surface area contributed by atoms with Gasteiger partial charge in [0, 0.05) is 17.4 Å². The summed E-state index contributed by atoms with van der Waals surface area (Å²) in [4.78, 5) is 15.6. The van der Waals surface area contributed by atoms with Crippen molar-refractivity contribution in [3.8, 4) is 5.75 Å². The zero-order valence-corrected chi connectivity index (χ0v) is 14.5. The second-order valence-electron chi connectivity index (χ2n) is 6.91. The van der Waals surface area contributed by atoms with E-state index in [0.29, 0.717) is 17.5 Å². The van der Waals surface area contributed by atoms with Crippen molar-refractivity contribution in [3.05, 3.63) is 42.1 Å². The number of aromatic nitrogens is 1. The van der Waals surface area contributed by atoms with E-state index in [9.17, 15) is 4.79 Å². The van der Waals surface area contributed by atoms with Gasteiger partial charge in [0.15, 0.2) is 0 Å². The Morgan fingerprint density at radius 3 is 2.71 bits per heavy atom. The fourth-order valence-corrected chi connectivity index (χ4v) is 3.55. The molecular weight excluding hydrogens is 300 g/mol. The number of amides is 1. The molecular formula is C20H26N2O2. The van der Waals surface area contributed by atoms with Gasteiger partial charge in [0.1, 0.15) is 11.4 Å².